The maximum Gasteiger partial charge on any atom is 0.313 e. The van der Waals surface area contributed by atoms with Crippen LogP contribution in [-0.4, -0.2) is 12.6 Å². The Kier molecular flexibility index (Phi) is 6.13. The first-order valence-electron chi connectivity index (χ1n) is 6.87. The predicted octanol–water partition coefficient (Wildman–Crippen LogP) is 5.54. The number of carbonyl (C=O) groups is 1. The Bertz CT molecular complexity index is 653. The summed E-state index contributed by atoms with van der Waals surface area (Å²) in [6.45, 7) is 2.11. The normalized spacial score (nSPS) is 12.0. The van der Waals surface area contributed by atoms with E-state index in [1.807, 2.05) is 18.2 Å². The molecule has 0 fully saturated rings. The molecule has 0 heterocycles. The molecule has 0 aliphatic heterocycles. The molecule has 5 heteroatoms. The van der Waals surface area contributed by atoms with Crippen molar-refractivity contribution in [2.24, 2.45) is 0 Å². The lowest BCUT2D eigenvalue weighted by molar-refractivity contribution is -0.144. The van der Waals surface area contributed by atoms with Gasteiger partial charge in [0, 0.05) is 15.1 Å². The van der Waals surface area contributed by atoms with Gasteiger partial charge in [0.2, 0.25) is 0 Å². The molecule has 0 aliphatic carbocycles. The zero-order valence-corrected chi connectivity index (χ0v) is 14.3. The summed E-state index contributed by atoms with van der Waals surface area (Å²) in [4.78, 5) is 12.3. The summed E-state index contributed by atoms with van der Waals surface area (Å²) < 4.78 is 5.18. The first-order valence-corrected chi connectivity index (χ1v) is 8.00. The van der Waals surface area contributed by atoms with Crippen LogP contribution in [0.25, 0.3) is 0 Å². The fourth-order valence-corrected chi connectivity index (χ4v) is 2.79. The third-order valence-electron chi connectivity index (χ3n) is 3.28. The Morgan fingerprint density at radius 3 is 2.27 bits per heavy atom. The molecule has 0 bridgehead atoms. The van der Waals surface area contributed by atoms with E-state index in [1.54, 1.807) is 31.2 Å². The maximum atomic E-state index is 12.3. The Labute approximate surface area is 144 Å². The summed E-state index contributed by atoms with van der Waals surface area (Å²) in [5, 5.41) is 1.72. The lowest BCUT2D eigenvalue weighted by Gasteiger charge is -2.17. The number of carbonyl (C=O) groups excluding carboxylic acids is 1. The molecule has 0 aliphatic rings. The zero-order valence-electron chi connectivity index (χ0n) is 12.0. The minimum absolute atomic E-state index is 0.282. The van der Waals surface area contributed by atoms with Crippen LogP contribution in [0.4, 0.5) is 0 Å². The minimum atomic E-state index is -0.434. The van der Waals surface area contributed by atoms with Gasteiger partial charge < -0.3 is 4.74 Å². The van der Waals surface area contributed by atoms with E-state index < -0.39 is 5.92 Å². The van der Waals surface area contributed by atoms with Gasteiger partial charge in [0.15, 0.2) is 0 Å². The van der Waals surface area contributed by atoms with Crippen LogP contribution in [-0.2, 0) is 16.0 Å². The van der Waals surface area contributed by atoms with Crippen LogP contribution in [0.3, 0.4) is 0 Å². The van der Waals surface area contributed by atoms with Crippen molar-refractivity contribution in [3.8, 4) is 0 Å². The topological polar surface area (TPSA) is 26.3 Å². The van der Waals surface area contributed by atoms with Gasteiger partial charge in [-0.05, 0) is 48.7 Å². The highest BCUT2D eigenvalue weighted by Gasteiger charge is 2.23. The highest BCUT2D eigenvalue weighted by molar-refractivity contribution is 6.35. The van der Waals surface area contributed by atoms with Crippen molar-refractivity contribution >= 4 is 40.8 Å². The SMILES string of the molecule is CCOC(=O)[C@@H](Cc1ccc(Cl)cc1Cl)c1ccc(Cl)cc1. The lowest BCUT2D eigenvalue weighted by atomic mass is 9.92. The van der Waals surface area contributed by atoms with Crippen molar-refractivity contribution in [2.75, 3.05) is 6.61 Å². The molecule has 1 atom stereocenters. The fraction of sp³-hybridized carbons (Fsp3) is 0.235. The van der Waals surface area contributed by atoms with Gasteiger partial charge in [-0.15, -0.1) is 0 Å². The molecule has 22 heavy (non-hydrogen) atoms. The van der Waals surface area contributed by atoms with E-state index in [9.17, 15) is 4.79 Å². The molecule has 2 aromatic carbocycles. The Morgan fingerprint density at radius 1 is 1.05 bits per heavy atom. The number of halogens is 3. The highest BCUT2D eigenvalue weighted by Crippen LogP contribution is 2.29. The predicted molar refractivity (Wildman–Crippen MR) is 91.0 cm³/mol. The average molecular weight is 358 g/mol. The smallest absolute Gasteiger partial charge is 0.313 e. The highest BCUT2D eigenvalue weighted by atomic mass is 35.5. The first-order chi connectivity index (χ1) is 10.5. The van der Waals surface area contributed by atoms with E-state index in [4.69, 9.17) is 39.5 Å². The summed E-state index contributed by atoms with van der Waals surface area (Å²) in [5.74, 6) is -0.716. The first kappa shape index (κ1) is 17.1. The number of benzene rings is 2. The third-order valence-corrected chi connectivity index (χ3v) is 4.12. The molecule has 2 rings (SSSR count). The molecule has 0 unspecified atom stereocenters. The van der Waals surface area contributed by atoms with Crippen LogP contribution >= 0.6 is 34.8 Å². The van der Waals surface area contributed by atoms with Gasteiger partial charge in [-0.3, -0.25) is 4.79 Å². The van der Waals surface area contributed by atoms with E-state index in [1.165, 1.54) is 0 Å². The van der Waals surface area contributed by atoms with E-state index in [-0.39, 0.29) is 5.97 Å². The number of hydrogen-bond acceptors (Lipinski definition) is 2. The zero-order chi connectivity index (χ0) is 16.1. The van der Waals surface area contributed by atoms with Crippen molar-refractivity contribution < 1.29 is 9.53 Å². The molecule has 0 spiro atoms. The standard InChI is InChI=1S/C17H15Cl3O2/c1-2-22-17(21)15(11-3-6-13(18)7-4-11)9-12-5-8-14(19)10-16(12)20/h3-8,10,15H,2,9H2,1H3/t15-/m0/s1. The summed E-state index contributed by atoms with van der Waals surface area (Å²) in [7, 11) is 0. The molecule has 0 saturated carbocycles. The Balaban J connectivity index is 2.32. The molecule has 116 valence electrons. The quantitative estimate of drug-likeness (QED) is 0.657. The molecule has 0 radical (unpaired) electrons. The van der Waals surface area contributed by atoms with Gasteiger partial charge in [-0.2, -0.15) is 0 Å². The molecule has 0 aromatic heterocycles. The number of rotatable bonds is 5. The molecule has 2 aromatic rings. The van der Waals surface area contributed by atoms with E-state index in [0.29, 0.717) is 28.1 Å². The molecule has 0 amide bonds. The van der Waals surface area contributed by atoms with E-state index in [0.717, 1.165) is 11.1 Å². The van der Waals surface area contributed by atoms with Crippen LogP contribution in [0.15, 0.2) is 42.5 Å². The van der Waals surface area contributed by atoms with Gasteiger partial charge in [0.05, 0.1) is 12.5 Å². The number of hydrogen-bond donors (Lipinski definition) is 0. The van der Waals surface area contributed by atoms with Crippen molar-refractivity contribution in [3.05, 3.63) is 68.7 Å². The summed E-state index contributed by atoms with van der Waals surface area (Å²) in [6, 6.07) is 12.4. The number of esters is 1. The van der Waals surface area contributed by atoms with E-state index >= 15 is 0 Å². The van der Waals surface area contributed by atoms with Crippen LogP contribution < -0.4 is 0 Å². The molecule has 2 nitrogen and oxygen atoms in total. The minimum Gasteiger partial charge on any atom is -0.466 e. The summed E-state index contributed by atoms with van der Waals surface area (Å²) >= 11 is 18.0. The summed E-state index contributed by atoms with van der Waals surface area (Å²) in [6.07, 6.45) is 0.441. The molecule has 0 N–H and O–H groups in total. The van der Waals surface area contributed by atoms with Gasteiger partial charge in [-0.1, -0.05) is 53.0 Å². The van der Waals surface area contributed by atoms with Gasteiger partial charge >= 0.3 is 5.97 Å². The van der Waals surface area contributed by atoms with Crippen LogP contribution in [0.5, 0.6) is 0 Å². The number of ether oxygens (including phenoxy) is 1. The van der Waals surface area contributed by atoms with Crippen molar-refractivity contribution in [3.63, 3.8) is 0 Å². The largest absolute Gasteiger partial charge is 0.466 e. The van der Waals surface area contributed by atoms with Crippen LogP contribution in [0, 0.1) is 0 Å². The van der Waals surface area contributed by atoms with Crippen molar-refractivity contribution in [2.45, 2.75) is 19.3 Å². The van der Waals surface area contributed by atoms with E-state index in [2.05, 4.69) is 0 Å². The summed E-state index contributed by atoms with van der Waals surface area (Å²) in [5.41, 5.74) is 1.69. The molecular formula is C17H15Cl3O2. The van der Waals surface area contributed by atoms with Crippen LogP contribution in [0.2, 0.25) is 15.1 Å². The second-order valence-electron chi connectivity index (χ2n) is 4.80. The Hall–Kier alpha value is -1.22. The lowest BCUT2D eigenvalue weighted by Crippen LogP contribution is -2.18. The average Bonchev–Trinajstić information content (AvgIpc) is 2.48. The second kappa shape index (κ2) is 7.87. The monoisotopic (exact) mass is 356 g/mol. The van der Waals surface area contributed by atoms with Crippen molar-refractivity contribution in [1.29, 1.82) is 0 Å². The Morgan fingerprint density at radius 2 is 1.68 bits per heavy atom. The van der Waals surface area contributed by atoms with Gasteiger partial charge in [0.1, 0.15) is 0 Å². The fourth-order valence-electron chi connectivity index (χ4n) is 2.18. The second-order valence-corrected chi connectivity index (χ2v) is 6.08. The van der Waals surface area contributed by atoms with Gasteiger partial charge in [-0.25, -0.2) is 0 Å². The molecular weight excluding hydrogens is 343 g/mol. The van der Waals surface area contributed by atoms with Crippen LogP contribution in [0.1, 0.15) is 24.0 Å². The molecule has 0 saturated heterocycles. The van der Waals surface area contributed by atoms with Gasteiger partial charge in [0.25, 0.3) is 0 Å². The third kappa shape index (κ3) is 4.39. The van der Waals surface area contributed by atoms with Crippen molar-refractivity contribution in [1.82, 2.24) is 0 Å². The maximum absolute atomic E-state index is 12.3.